The second kappa shape index (κ2) is 14.9. The van der Waals surface area contributed by atoms with E-state index in [4.69, 9.17) is 0 Å². The monoisotopic (exact) mass is 927 g/mol. The van der Waals surface area contributed by atoms with E-state index < -0.39 is 0 Å². The third-order valence-electron chi connectivity index (χ3n) is 18.9. The average molecular weight is 927 g/mol. The Morgan fingerprint density at radius 2 is 1.06 bits per heavy atom. The maximum absolute atomic E-state index is 2.85. The Labute approximate surface area is 419 Å². The molecule has 0 radical (unpaired) electrons. The van der Waals surface area contributed by atoms with Crippen LogP contribution in [0.3, 0.4) is 0 Å². The smallest absolute Gasteiger partial charge is 0.333 e. The van der Waals surface area contributed by atoms with Crippen molar-refractivity contribution in [1.82, 2.24) is 0 Å². The fraction of sp³-hybridized carbons (Fsp3) is 0.446. The van der Waals surface area contributed by atoms with Crippen molar-refractivity contribution in [2.24, 2.45) is 0 Å². The molecule has 2 nitrogen and oxygen atoms in total. The van der Waals surface area contributed by atoms with Crippen LogP contribution in [0, 0.1) is 6.92 Å². The summed E-state index contributed by atoms with van der Waals surface area (Å²) < 4.78 is 2.72. The highest BCUT2D eigenvalue weighted by molar-refractivity contribution is 7.26. The number of aryl methyl sites for hydroxylation is 2. The van der Waals surface area contributed by atoms with Crippen molar-refractivity contribution >= 4 is 77.7 Å². The van der Waals surface area contributed by atoms with Crippen molar-refractivity contribution in [3.8, 4) is 11.1 Å². The van der Waals surface area contributed by atoms with Crippen LogP contribution in [0.2, 0.25) is 0 Å². The summed E-state index contributed by atoms with van der Waals surface area (Å²) in [5.74, 6) is 0. The highest BCUT2D eigenvalue weighted by Crippen LogP contribution is 2.56. The lowest BCUT2D eigenvalue weighted by atomic mass is 9.43. The largest absolute Gasteiger partial charge is 0.376 e. The molecule has 3 aliphatic carbocycles. The molecule has 2 aliphatic heterocycles. The quantitative estimate of drug-likeness (QED) is 0.159. The first-order chi connectivity index (χ1) is 32.5. The van der Waals surface area contributed by atoms with Crippen LogP contribution in [-0.4, -0.2) is 6.85 Å². The molecule has 0 N–H and O–H groups in total. The minimum atomic E-state index is -0.0409. The summed E-state index contributed by atoms with van der Waals surface area (Å²) in [5, 5.41) is 2.73. The molecule has 0 unspecified atom stereocenters. The van der Waals surface area contributed by atoms with Crippen molar-refractivity contribution in [2.75, 3.05) is 9.71 Å². The zero-order valence-corrected chi connectivity index (χ0v) is 45.2. The van der Waals surface area contributed by atoms with E-state index >= 15 is 0 Å². The van der Waals surface area contributed by atoms with Gasteiger partial charge < -0.3 is 9.71 Å². The number of nitrogens with zero attached hydrogens (tertiary/aromatic N) is 2. The highest BCUT2D eigenvalue weighted by atomic mass is 32.1. The molecule has 0 atom stereocenters. The van der Waals surface area contributed by atoms with Gasteiger partial charge in [-0.05, 0) is 200 Å². The van der Waals surface area contributed by atoms with Crippen molar-refractivity contribution in [1.29, 1.82) is 0 Å². The molecule has 0 saturated carbocycles. The molecule has 12 rings (SSSR count). The van der Waals surface area contributed by atoms with Crippen LogP contribution in [0.4, 0.5) is 28.4 Å². The Balaban J connectivity index is 1.24. The lowest BCUT2D eigenvalue weighted by Gasteiger charge is -2.49. The van der Waals surface area contributed by atoms with Gasteiger partial charge in [0.05, 0.1) is 0 Å². The van der Waals surface area contributed by atoms with Gasteiger partial charge in [-0.2, -0.15) is 0 Å². The van der Waals surface area contributed by atoms with Gasteiger partial charge in [-0.15, -0.1) is 11.3 Å². The molecular weight excluding hydrogens is 852 g/mol. The summed E-state index contributed by atoms with van der Waals surface area (Å²) in [4.78, 5) is 5.62. The molecule has 354 valence electrons. The minimum Gasteiger partial charge on any atom is -0.376 e. The van der Waals surface area contributed by atoms with E-state index in [9.17, 15) is 0 Å². The summed E-state index contributed by atoms with van der Waals surface area (Å²) in [6, 6.07) is 38.0. The molecule has 69 heavy (non-hydrogen) atoms. The van der Waals surface area contributed by atoms with Gasteiger partial charge >= 0.3 is 6.85 Å². The Kier molecular flexibility index (Phi) is 9.78. The zero-order chi connectivity index (χ0) is 48.5. The number of hydrogen-bond donors (Lipinski definition) is 0. The van der Waals surface area contributed by atoms with E-state index in [2.05, 4.69) is 198 Å². The fourth-order valence-corrected chi connectivity index (χ4v) is 15.2. The standard InChI is InChI=1S/C65H75BN2S/c1-15-16-19-40-31-45-43-34-49-51(65(13,14)29-27-63(49,9)10)37-54(43)68(41-22-23-46-48(33-41)62(7,8)25-24-60(46,3)4)66-52-35-44-42-20-17-18-21-57(42)69-58(44)38-55(52)67(56(32-40)59(45)66)53-36-50-47(30-39(53)2)61(5,6)26-28-64(50,11)12/h17-18,20-23,30-38H,15-16,19,24-29H2,1-14H3. The van der Waals surface area contributed by atoms with E-state index in [0.717, 1.165) is 6.42 Å². The average Bonchev–Trinajstić information content (AvgIpc) is 3.67. The van der Waals surface area contributed by atoms with Gasteiger partial charge in [0, 0.05) is 54.2 Å². The molecule has 7 aromatic rings. The zero-order valence-electron chi connectivity index (χ0n) is 44.4. The lowest BCUT2D eigenvalue weighted by Crippen LogP contribution is -2.61. The van der Waals surface area contributed by atoms with Crippen LogP contribution < -0.4 is 20.6 Å². The van der Waals surface area contributed by atoms with Crippen LogP contribution in [0.1, 0.15) is 186 Å². The maximum atomic E-state index is 2.85. The van der Waals surface area contributed by atoms with E-state index in [-0.39, 0.29) is 39.3 Å². The molecule has 0 amide bonds. The van der Waals surface area contributed by atoms with E-state index in [0.29, 0.717) is 0 Å². The first-order valence-electron chi connectivity index (χ1n) is 26.7. The lowest BCUT2D eigenvalue weighted by molar-refractivity contribution is 0.332. The van der Waals surface area contributed by atoms with E-state index in [1.54, 1.807) is 0 Å². The Morgan fingerprint density at radius 3 is 1.70 bits per heavy atom. The molecule has 1 aromatic heterocycles. The van der Waals surface area contributed by atoms with Gasteiger partial charge in [-0.1, -0.05) is 139 Å². The van der Waals surface area contributed by atoms with Gasteiger partial charge in [-0.25, -0.2) is 0 Å². The molecule has 3 heterocycles. The first-order valence-corrected chi connectivity index (χ1v) is 27.5. The second-order valence-electron chi connectivity index (χ2n) is 26.4. The van der Waals surface area contributed by atoms with E-state index in [1.165, 1.54) is 167 Å². The molecular formula is C65H75BN2S. The fourth-order valence-electron chi connectivity index (χ4n) is 14.0. The number of anilines is 5. The molecule has 0 fully saturated rings. The van der Waals surface area contributed by atoms with Crippen molar-refractivity contribution in [3.05, 3.63) is 136 Å². The SMILES string of the molecule is CCCCc1cc2c3c(c1)N(c1cc4c(cc1C)C(C)(C)CCC4(C)C)c1cc4sc5ccccc5c4cc1B3N(c1ccc3c(c1)C(C)(C)CCC3(C)C)c1cc3c(cc1-2)C(C)(C)CCC3(C)C. The maximum Gasteiger partial charge on any atom is 0.333 e. The van der Waals surface area contributed by atoms with E-state index in [1.807, 2.05) is 11.3 Å². The number of benzene rings is 6. The van der Waals surface area contributed by atoms with Gasteiger partial charge in [0.15, 0.2) is 0 Å². The van der Waals surface area contributed by atoms with Crippen LogP contribution in [0.25, 0.3) is 31.3 Å². The molecule has 6 aromatic carbocycles. The van der Waals surface area contributed by atoms with Gasteiger partial charge in [-0.3, -0.25) is 0 Å². The Morgan fingerprint density at radius 1 is 0.493 bits per heavy atom. The third-order valence-corrected chi connectivity index (χ3v) is 20.0. The third kappa shape index (κ3) is 6.68. The summed E-state index contributed by atoms with van der Waals surface area (Å²) in [6.45, 7) is 34.6. The number of fused-ring (bicyclic) bond motifs is 10. The first kappa shape index (κ1) is 45.4. The van der Waals surface area contributed by atoms with Crippen molar-refractivity contribution < 1.29 is 0 Å². The number of rotatable bonds is 5. The summed E-state index contributed by atoms with van der Waals surface area (Å²) >= 11 is 1.96. The Hall–Kier alpha value is -4.80. The summed E-state index contributed by atoms with van der Waals surface area (Å²) in [6.07, 6.45) is 10.6. The molecule has 0 bridgehead atoms. The number of thiophene rings is 1. The van der Waals surface area contributed by atoms with Crippen LogP contribution in [0.15, 0.2) is 91.0 Å². The topological polar surface area (TPSA) is 6.48 Å². The van der Waals surface area contributed by atoms with Gasteiger partial charge in [0.2, 0.25) is 0 Å². The van der Waals surface area contributed by atoms with Crippen molar-refractivity contribution in [3.63, 3.8) is 0 Å². The normalized spacial score (nSPS) is 20.5. The predicted molar refractivity (Wildman–Crippen MR) is 302 cm³/mol. The minimum absolute atomic E-state index is 0.0409. The van der Waals surface area contributed by atoms with Gasteiger partial charge in [0.1, 0.15) is 0 Å². The second-order valence-corrected chi connectivity index (χ2v) is 27.5. The van der Waals surface area contributed by atoms with Crippen LogP contribution in [-0.2, 0) is 38.9 Å². The Bertz CT molecular complexity index is 3320. The molecule has 4 heteroatoms. The molecule has 5 aliphatic rings. The number of unbranched alkanes of at least 4 members (excludes halogenated alkanes) is 1. The van der Waals surface area contributed by atoms with Crippen molar-refractivity contribution in [2.45, 2.75) is 187 Å². The van der Waals surface area contributed by atoms with Crippen LogP contribution in [0.5, 0.6) is 0 Å². The highest BCUT2D eigenvalue weighted by Gasteiger charge is 2.49. The molecule has 0 spiro atoms. The summed E-state index contributed by atoms with van der Waals surface area (Å²) in [7, 11) is 0. The summed E-state index contributed by atoms with van der Waals surface area (Å²) in [5.41, 5.74) is 24.9. The molecule has 0 saturated heterocycles. The van der Waals surface area contributed by atoms with Gasteiger partial charge in [0.25, 0.3) is 0 Å². The predicted octanol–water partition coefficient (Wildman–Crippen LogP) is 17.5. The number of hydrogen-bond acceptors (Lipinski definition) is 3. The van der Waals surface area contributed by atoms with Crippen LogP contribution >= 0.6 is 11.3 Å².